The Morgan fingerprint density at radius 1 is 1.54 bits per heavy atom. The number of isocyanates is 1. The number of aliphatic imine (C=N–C) groups is 1. The van der Waals surface area contributed by atoms with Crippen LogP contribution in [0.25, 0.3) is 0 Å². The molecular weight excluding hydrogens is 227 g/mol. The maximum Gasteiger partial charge on any atom is 0.418 e. The van der Waals surface area contributed by atoms with Crippen LogP contribution < -0.4 is 0 Å². The topological polar surface area (TPSA) is 29.4 Å². The minimum absolute atomic E-state index is 0.177. The summed E-state index contributed by atoms with van der Waals surface area (Å²) in [7, 11) is 0. The van der Waals surface area contributed by atoms with Crippen LogP contribution in [0.2, 0.25) is 5.02 Å². The van der Waals surface area contributed by atoms with Gasteiger partial charge in [0.2, 0.25) is 6.08 Å². The standard InChI is InChI=1S/C6HClF3NOS/c7-4-3(6(8,9)10)1-13-5(4)11-2-12/h1H. The van der Waals surface area contributed by atoms with Crippen molar-refractivity contribution in [2.75, 3.05) is 0 Å². The van der Waals surface area contributed by atoms with Gasteiger partial charge in [-0.15, -0.1) is 11.3 Å². The number of rotatable bonds is 1. The summed E-state index contributed by atoms with van der Waals surface area (Å²) < 4.78 is 36.3. The van der Waals surface area contributed by atoms with Gasteiger partial charge in [0, 0.05) is 5.38 Å². The maximum atomic E-state index is 12.1. The molecule has 7 heteroatoms. The fourth-order valence-electron chi connectivity index (χ4n) is 0.642. The third-order valence-corrected chi connectivity index (χ3v) is 2.53. The van der Waals surface area contributed by atoms with Crippen molar-refractivity contribution in [1.82, 2.24) is 0 Å². The second-order valence-electron chi connectivity index (χ2n) is 1.97. The van der Waals surface area contributed by atoms with Crippen LogP contribution in [-0.4, -0.2) is 6.08 Å². The molecule has 0 N–H and O–H groups in total. The van der Waals surface area contributed by atoms with E-state index in [9.17, 15) is 18.0 Å². The van der Waals surface area contributed by atoms with Crippen LogP contribution >= 0.6 is 22.9 Å². The summed E-state index contributed by atoms with van der Waals surface area (Å²) >= 11 is 5.95. The summed E-state index contributed by atoms with van der Waals surface area (Å²) in [6.07, 6.45) is -3.39. The van der Waals surface area contributed by atoms with E-state index in [1.807, 2.05) is 0 Å². The van der Waals surface area contributed by atoms with Crippen molar-refractivity contribution in [2.45, 2.75) is 6.18 Å². The van der Waals surface area contributed by atoms with Crippen LogP contribution in [0.5, 0.6) is 0 Å². The predicted molar refractivity (Wildman–Crippen MR) is 42.1 cm³/mol. The zero-order valence-corrected chi connectivity index (χ0v) is 7.43. The summed E-state index contributed by atoms with van der Waals surface area (Å²) in [6, 6.07) is 0. The lowest BCUT2D eigenvalue weighted by molar-refractivity contribution is -0.137. The van der Waals surface area contributed by atoms with E-state index in [4.69, 9.17) is 11.6 Å². The molecule has 13 heavy (non-hydrogen) atoms. The quantitative estimate of drug-likeness (QED) is 0.534. The highest BCUT2D eigenvalue weighted by molar-refractivity contribution is 7.14. The summed E-state index contributed by atoms with van der Waals surface area (Å²) in [5, 5.41) is 0.0724. The number of alkyl halides is 3. The second-order valence-corrected chi connectivity index (χ2v) is 3.21. The van der Waals surface area contributed by atoms with Crippen molar-refractivity contribution in [3.05, 3.63) is 16.0 Å². The summed E-state index contributed by atoms with van der Waals surface area (Å²) in [4.78, 5) is 12.8. The Labute approximate surface area is 79.7 Å². The molecule has 1 rings (SSSR count). The average Bonchev–Trinajstić information content (AvgIpc) is 2.32. The first-order valence-electron chi connectivity index (χ1n) is 2.89. The highest BCUT2D eigenvalue weighted by atomic mass is 35.5. The molecule has 0 bridgehead atoms. The number of thiophene rings is 1. The number of hydrogen-bond acceptors (Lipinski definition) is 3. The Kier molecular flexibility index (Phi) is 2.75. The third-order valence-electron chi connectivity index (χ3n) is 1.17. The van der Waals surface area contributed by atoms with Crippen LogP contribution in [0.1, 0.15) is 5.56 Å². The summed E-state index contributed by atoms with van der Waals surface area (Å²) in [6.45, 7) is 0. The monoisotopic (exact) mass is 227 g/mol. The van der Waals surface area contributed by atoms with E-state index >= 15 is 0 Å². The van der Waals surface area contributed by atoms with E-state index < -0.39 is 16.8 Å². The highest BCUT2D eigenvalue weighted by Crippen LogP contribution is 2.43. The van der Waals surface area contributed by atoms with E-state index in [1.165, 1.54) is 0 Å². The van der Waals surface area contributed by atoms with Crippen LogP contribution in [0.15, 0.2) is 10.4 Å². The molecule has 0 aliphatic rings. The maximum absolute atomic E-state index is 12.1. The van der Waals surface area contributed by atoms with Crippen LogP contribution in [0, 0.1) is 0 Å². The van der Waals surface area contributed by atoms with Crippen molar-refractivity contribution in [3.63, 3.8) is 0 Å². The van der Waals surface area contributed by atoms with Crippen molar-refractivity contribution in [1.29, 1.82) is 0 Å². The van der Waals surface area contributed by atoms with E-state index in [2.05, 4.69) is 4.99 Å². The van der Waals surface area contributed by atoms with E-state index in [0.29, 0.717) is 11.3 Å². The molecule has 0 amide bonds. The number of hydrogen-bond donors (Lipinski definition) is 0. The van der Waals surface area contributed by atoms with Crippen molar-refractivity contribution >= 4 is 34.0 Å². The van der Waals surface area contributed by atoms with Crippen molar-refractivity contribution < 1.29 is 18.0 Å². The van der Waals surface area contributed by atoms with Crippen LogP contribution in [-0.2, 0) is 11.0 Å². The molecule has 0 saturated carbocycles. The van der Waals surface area contributed by atoms with Gasteiger partial charge in [-0.2, -0.15) is 18.2 Å². The number of halogens is 4. The Bertz CT molecular complexity index is 366. The molecule has 0 unspecified atom stereocenters. The molecule has 2 nitrogen and oxygen atoms in total. The van der Waals surface area contributed by atoms with Gasteiger partial charge in [0.1, 0.15) is 5.00 Å². The number of carbonyl (C=O) groups excluding carboxylic acids is 1. The molecule has 0 spiro atoms. The smallest absolute Gasteiger partial charge is 0.211 e. The summed E-state index contributed by atoms with van der Waals surface area (Å²) in [5.41, 5.74) is -0.979. The molecule has 1 aromatic heterocycles. The molecule has 1 heterocycles. The van der Waals surface area contributed by atoms with E-state index in [0.717, 1.165) is 11.5 Å². The molecule has 0 radical (unpaired) electrons. The van der Waals surface area contributed by atoms with Crippen LogP contribution in [0.3, 0.4) is 0 Å². The normalized spacial score (nSPS) is 11.1. The lowest BCUT2D eigenvalue weighted by Crippen LogP contribution is -2.02. The SMILES string of the molecule is O=C=Nc1scc(C(F)(F)F)c1Cl. The third kappa shape index (κ3) is 2.09. The van der Waals surface area contributed by atoms with Gasteiger partial charge in [-0.25, -0.2) is 4.79 Å². The Morgan fingerprint density at radius 3 is 2.54 bits per heavy atom. The molecule has 1 aromatic rings. The first-order chi connectivity index (χ1) is 5.96. The largest absolute Gasteiger partial charge is 0.418 e. The van der Waals surface area contributed by atoms with Gasteiger partial charge in [0.05, 0.1) is 10.6 Å². The minimum Gasteiger partial charge on any atom is -0.211 e. The van der Waals surface area contributed by atoms with Gasteiger partial charge in [-0.05, 0) is 0 Å². The molecule has 0 fully saturated rings. The van der Waals surface area contributed by atoms with E-state index in [1.54, 1.807) is 0 Å². The van der Waals surface area contributed by atoms with Gasteiger partial charge >= 0.3 is 6.18 Å². The van der Waals surface area contributed by atoms with Gasteiger partial charge in [-0.3, -0.25) is 0 Å². The molecular formula is C6HClF3NOS. The zero-order valence-electron chi connectivity index (χ0n) is 5.85. The number of nitrogens with zero attached hydrogens (tertiary/aromatic N) is 1. The fourth-order valence-corrected chi connectivity index (χ4v) is 1.83. The second kappa shape index (κ2) is 3.49. The molecule has 0 atom stereocenters. The van der Waals surface area contributed by atoms with Gasteiger partial charge in [0.15, 0.2) is 0 Å². The zero-order chi connectivity index (χ0) is 10.1. The first-order valence-corrected chi connectivity index (χ1v) is 4.14. The van der Waals surface area contributed by atoms with Gasteiger partial charge < -0.3 is 0 Å². The van der Waals surface area contributed by atoms with E-state index in [-0.39, 0.29) is 5.00 Å². The molecule has 0 aliphatic heterocycles. The van der Waals surface area contributed by atoms with Crippen molar-refractivity contribution in [2.24, 2.45) is 4.99 Å². The van der Waals surface area contributed by atoms with Crippen molar-refractivity contribution in [3.8, 4) is 0 Å². The molecule has 70 valence electrons. The van der Waals surface area contributed by atoms with Gasteiger partial charge in [0.25, 0.3) is 0 Å². The molecule has 0 saturated heterocycles. The summed E-state index contributed by atoms with van der Waals surface area (Å²) in [5.74, 6) is 0. The van der Waals surface area contributed by atoms with Gasteiger partial charge in [-0.1, -0.05) is 11.6 Å². The average molecular weight is 228 g/mol. The first kappa shape index (κ1) is 10.2. The highest BCUT2D eigenvalue weighted by Gasteiger charge is 2.35. The molecule has 0 aromatic carbocycles. The Hall–Kier alpha value is -0.840. The fraction of sp³-hybridized carbons (Fsp3) is 0.167. The Balaban J connectivity index is 3.21. The predicted octanol–water partition coefficient (Wildman–Crippen LogP) is 3.39. The minimum atomic E-state index is -4.51. The van der Waals surface area contributed by atoms with Crippen LogP contribution in [0.4, 0.5) is 18.2 Å². The lowest BCUT2D eigenvalue weighted by Gasteiger charge is -2.02. The Morgan fingerprint density at radius 2 is 2.15 bits per heavy atom. The molecule has 0 aliphatic carbocycles. The lowest BCUT2D eigenvalue weighted by atomic mass is 10.3.